The highest BCUT2D eigenvalue weighted by atomic mass is 16.3. The Labute approximate surface area is 154 Å². The average molecular weight is 360 g/mol. The first-order valence-corrected chi connectivity index (χ1v) is 9.47. The number of aryl methyl sites for hydroxylation is 1. The van der Waals surface area contributed by atoms with Gasteiger partial charge in [0.1, 0.15) is 17.6 Å². The van der Waals surface area contributed by atoms with Gasteiger partial charge in [-0.1, -0.05) is 20.3 Å². The van der Waals surface area contributed by atoms with Gasteiger partial charge < -0.3 is 19.3 Å². The van der Waals surface area contributed by atoms with Gasteiger partial charge in [-0.15, -0.1) is 0 Å². The molecule has 1 aromatic heterocycles. The number of furan rings is 1. The summed E-state index contributed by atoms with van der Waals surface area (Å²) in [5.41, 5.74) is 0.165. The number of aliphatic hydroxyl groups is 1. The number of hydrogen-bond acceptors (Lipinski definition) is 5. The Balaban J connectivity index is 1.87. The predicted molar refractivity (Wildman–Crippen MR) is 97.7 cm³/mol. The molecule has 2 aliphatic heterocycles. The van der Waals surface area contributed by atoms with E-state index in [0.717, 1.165) is 19.6 Å². The van der Waals surface area contributed by atoms with Crippen LogP contribution in [0.2, 0.25) is 0 Å². The van der Waals surface area contributed by atoms with Crippen LogP contribution in [0.25, 0.3) is 0 Å². The number of aliphatic hydroxyl groups excluding tert-OH is 1. The lowest BCUT2D eigenvalue weighted by molar-refractivity contribution is -0.129. The lowest BCUT2D eigenvalue weighted by Gasteiger charge is -2.31. The highest BCUT2D eigenvalue weighted by Crippen LogP contribution is 2.39. The maximum atomic E-state index is 12.7. The Morgan fingerprint density at radius 3 is 2.50 bits per heavy atom. The Morgan fingerprint density at radius 2 is 1.92 bits per heavy atom. The SMILES string of the molecule is Cc1ccc(C2C(C(=O)C(C)C)=C(O)C(=O)N2CCN2CCCCC2)o1. The number of ketones is 1. The molecule has 6 heteroatoms. The van der Waals surface area contributed by atoms with Gasteiger partial charge in [0.05, 0.1) is 5.57 Å². The molecule has 0 saturated carbocycles. The molecule has 1 saturated heterocycles. The molecule has 0 aliphatic carbocycles. The molecule has 6 nitrogen and oxygen atoms in total. The summed E-state index contributed by atoms with van der Waals surface area (Å²) in [6, 6.07) is 2.96. The van der Waals surface area contributed by atoms with E-state index in [1.54, 1.807) is 24.8 Å². The van der Waals surface area contributed by atoms with E-state index >= 15 is 0 Å². The molecule has 2 aliphatic rings. The molecule has 0 spiro atoms. The number of amides is 1. The zero-order chi connectivity index (χ0) is 18.8. The van der Waals surface area contributed by atoms with Crippen LogP contribution in [0, 0.1) is 12.8 Å². The Bertz CT molecular complexity index is 713. The summed E-state index contributed by atoms with van der Waals surface area (Å²) in [5, 5.41) is 10.4. The van der Waals surface area contributed by atoms with Crippen LogP contribution in [-0.2, 0) is 9.59 Å². The van der Waals surface area contributed by atoms with Gasteiger partial charge in [0.2, 0.25) is 0 Å². The number of nitrogens with zero attached hydrogens (tertiary/aromatic N) is 2. The molecular weight excluding hydrogens is 332 g/mol. The summed E-state index contributed by atoms with van der Waals surface area (Å²) in [7, 11) is 0. The van der Waals surface area contributed by atoms with Crippen molar-refractivity contribution < 1.29 is 19.1 Å². The molecule has 1 aromatic rings. The second kappa shape index (κ2) is 7.66. The Morgan fingerprint density at radius 1 is 1.23 bits per heavy atom. The fourth-order valence-electron chi connectivity index (χ4n) is 3.78. The first-order chi connectivity index (χ1) is 12.4. The summed E-state index contributed by atoms with van der Waals surface area (Å²) in [6.45, 7) is 8.63. The molecular formula is C20H28N2O4. The summed E-state index contributed by atoms with van der Waals surface area (Å²) >= 11 is 0. The van der Waals surface area contributed by atoms with E-state index in [4.69, 9.17) is 4.42 Å². The minimum absolute atomic E-state index is 0.165. The van der Waals surface area contributed by atoms with Crippen molar-refractivity contribution in [3.05, 3.63) is 35.0 Å². The topological polar surface area (TPSA) is 74.0 Å². The molecule has 0 aromatic carbocycles. The number of hydrogen-bond donors (Lipinski definition) is 1. The van der Waals surface area contributed by atoms with Crippen LogP contribution in [0.15, 0.2) is 27.9 Å². The minimum Gasteiger partial charge on any atom is -0.503 e. The van der Waals surface area contributed by atoms with Crippen LogP contribution in [0.3, 0.4) is 0 Å². The van der Waals surface area contributed by atoms with E-state index in [2.05, 4.69) is 4.90 Å². The third-order valence-electron chi connectivity index (χ3n) is 5.23. The molecule has 1 amide bonds. The fraction of sp³-hybridized carbons (Fsp3) is 0.600. The second-order valence-corrected chi connectivity index (χ2v) is 7.53. The van der Waals surface area contributed by atoms with Gasteiger partial charge in [-0.2, -0.15) is 0 Å². The van der Waals surface area contributed by atoms with Gasteiger partial charge in [0.25, 0.3) is 5.91 Å². The number of Topliss-reactive ketones (excluding diaryl/α,β-unsaturated/α-hetero) is 1. The Hall–Kier alpha value is -2.08. The van der Waals surface area contributed by atoms with E-state index < -0.39 is 17.7 Å². The van der Waals surface area contributed by atoms with Crippen LogP contribution in [0.4, 0.5) is 0 Å². The number of piperidine rings is 1. The largest absolute Gasteiger partial charge is 0.503 e. The first kappa shape index (κ1) is 18.7. The molecule has 3 heterocycles. The average Bonchev–Trinajstić information content (AvgIpc) is 3.15. The number of carbonyl (C=O) groups excluding carboxylic acids is 2. The molecule has 1 atom stereocenters. The van der Waals surface area contributed by atoms with Crippen molar-refractivity contribution in [2.75, 3.05) is 26.2 Å². The Kier molecular flexibility index (Phi) is 5.51. The van der Waals surface area contributed by atoms with Crippen LogP contribution >= 0.6 is 0 Å². The van der Waals surface area contributed by atoms with Crippen molar-refractivity contribution in [3.63, 3.8) is 0 Å². The van der Waals surface area contributed by atoms with Crippen molar-refractivity contribution in [2.24, 2.45) is 5.92 Å². The normalized spacial score (nSPS) is 21.9. The quantitative estimate of drug-likeness (QED) is 0.844. The zero-order valence-electron chi connectivity index (χ0n) is 15.8. The standard InChI is InChI=1S/C20H28N2O4/c1-13(2)18(23)16-17(15-8-7-14(3)26-15)22(20(25)19(16)24)12-11-21-9-5-4-6-10-21/h7-8,13,17,24H,4-6,9-12H2,1-3H3. The van der Waals surface area contributed by atoms with Crippen molar-refractivity contribution in [1.29, 1.82) is 0 Å². The van der Waals surface area contributed by atoms with Gasteiger partial charge in [-0.05, 0) is 45.0 Å². The maximum absolute atomic E-state index is 12.7. The third-order valence-corrected chi connectivity index (χ3v) is 5.23. The lowest BCUT2D eigenvalue weighted by Crippen LogP contribution is -2.40. The second-order valence-electron chi connectivity index (χ2n) is 7.53. The van der Waals surface area contributed by atoms with E-state index in [9.17, 15) is 14.7 Å². The molecule has 0 radical (unpaired) electrons. The summed E-state index contributed by atoms with van der Waals surface area (Å²) in [6.07, 6.45) is 3.60. The van der Waals surface area contributed by atoms with E-state index in [-0.39, 0.29) is 17.3 Å². The molecule has 1 fully saturated rings. The summed E-state index contributed by atoms with van der Waals surface area (Å²) < 4.78 is 5.74. The third kappa shape index (κ3) is 3.56. The lowest BCUT2D eigenvalue weighted by atomic mass is 9.94. The highest BCUT2D eigenvalue weighted by molar-refractivity contribution is 6.09. The minimum atomic E-state index is -0.643. The van der Waals surface area contributed by atoms with Crippen molar-refractivity contribution in [3.8, 4) is 0 Å². The summed E-state index contributed by atoms with van der Waals surface area (Å²) in [5.74, 6) is -0.184. The van der Waals surface area contributed by atoms with E-state index in [1.165, 1.54) is 19.3 Å². The van der Waals surface area contributed by atoms with Crippen LogP contribution in [-0.4, -0.2) is 52.8 Å². The van der Waals surface area contributed by atoms with Gasteiger partial charge in [0, 0.05) is 19.0 Å². The molecule has 26 heavy (non-hydrogen) atoms. The molecule has 1 unspecified atom stereocenters. The number of carbonyl (C=O) groups is 2. The molecule has 0 bridgehead atoms. The molecule has 142 valence electrons. The number of likely N-dealkylation sites (tertiary alicyclic amines) is 1. The molecule has 3 rings (SSSR count). The van der Waals surface area contributed by atoms with Crippen molar-refractivity contribution in [2.45, 2.75) is 46.1 Å². The fourth-order valence-corrected chi connectivity index (χ4v) is 3.78. The van der Waals surface area contributed by atoms with Gasteiger partial charge in [-0.3, -0.25) is 9.59 Å². The highest BCUT2D eigenvalue weighted by Gasteiger charge is 2.45. The first-order valence-electron chi connectivity index (χ1n) is 9.47. The zero-order valence-corrected chi connectivity index (χ0v) is 15.8. The van der Waals surface area contributed by atoms with Crippen molar-refractivity contribution in [1.82, 2.24) is 9.80 Å². The van der Waals surface area contributed by atoms with Gasteiger partial charge in [0.15, 0.2) is 11.5 Å². The van der Waals surface area contributed by atoms with Crippen LogP contribution < -0.4 is 0 Å². The van der Waals surface area contributed by atoms with E-state index in [0.29, 0.717) is 18.1 Å². The smallest absolute Gasteiger partial charge is 0.290 e. The molecule has 1 N–H and O–H groups in total. The van der Waals surface area contributed by atoms with Crippen LogP contribution in [0.1, 0.15) is 50.7 Å². The predicted octanol–water partition coefficient (Wildman–Crippen LogP) is 2.99. The maximum Gasteiger partial charge on any atom is 0.290 e. The van der Waals surface area contributed by atoms with Crippen molar-refractivity contribution >= 4 is 11.7 Å². The van der Waals surface area contributed by atoms with Crippen LogP contribution in [0.5, 0.6) is 0 Å². The monoisotopic (exact) mass is 360 g/mol. The van der Waals surface area contributed by atoms with Gasteiger partial charge >= 0.3 is 0 Å². The summed E-state index contributed by atoms with van der Waals surface area (Å²) in [4.78, 5) is 29.3. The van der Waals surface area contributed by atoms with Gasteiger partial charge in [-0.25, -0.2) is 0 Å². The van der Waals surface area contributed by atoms with E-state index in [1.807, 2.05) is 13.0 Å². The number of rotatable bonds is 6.